The maximum absolute atomic E-state index is 12.9. The molecule has 0 aromatic heterocycles. The fourth-order valence-corrected chi connectivity index (χ4v) is 3.25. The number of hydrogen-bond donors (Lipinski definition) is 10. The Labute approximate surface area is 215 Å². The number of amides is 4. The first-order chi connectivity index (χ1) is 17.0. The van der Waals surface area contributed by atoms with Crippen LogP contribution in [0.3, 0.4) is 0 Å². The fraction of sp³-hybridized carbons (Fsp3) is 0.762. The lowest BCUT2D eigenvalue weighted by Crippen LogP contribution is -2.60. The number of thiol groups is 1. The molecule has 0 aliphatic carbocycles. The number of carbonyl (C=O) groups is 5. The predicted octanol–water partition coefficient (Wildman–Crippen LogP) is -3.57. The molecule has 0 aliphatic rings. The van der Waals surface area contributed by atoms with E-state index < -0.39 is 73.0 Å². The van der Waals surface area contributed by atoms with E-state index in [4.69, 9.17) is 16.6 Å². The highest BCUT2D eigenvalue weighted by Gasteiger charge is 2.32. The summed E-state index contributed by atoms with van der Waals surface area (Å²) in [6.07, 6.45) is 1.62. The molecule has 0 aromatic rings. The Bertz CT molecular complexity index is 743. The van der Waals surface area contributed by atoms with Crippen LogP contribution in [0.2, 0.25) is 0 Å². The van der Waals surface area contributed by atoms with E-state index in [2.05, 4.69) is 33.9 Å². The van der Waals surface area contributed by atoms with Crippen molar-refractivity contribution in [3.8, 4) is 0 Å². The second kappa shape index (κ2) is 17.9. The number of carboxylic acid groups (broad SMARTS) is 1. The standard InChI is InChI=1S/C21H40N6O8S/c1-3-11(2)16(27-17(30)12(23)8-28)20(33)26-15(10-36)19(32)25-14(9-29)18(31)24-13(21(34)35)6-4-5-7-22/h11-16,28-29,36H,3-10,22-23H2,1-2H3,(H,24,31)(H,25,32)(H,26,33)(H,27,30)(H,34,35)/t11-,12-,13-,14-,15-,16-/m0/s1. The minimum atomic E-state index is -1.49. The highest BCUT2D eigenvalue weighted by Crippen LogP contribution is 2.09. The zero-order valence-electron chi connectivity index (χ0n) is 20.6. The molecular formula is C21H40N6O8S. The van der Waals surface area contributed by atoms with E-state index in [9.17, 15) is 34.2 Å². The molecule has 6 atom stereocenters. The number of nitrogens with two attached hydrogens (primary N) is 2. The Morgan fingerprint density at radius 2 is 1.39 bits per heavy atom. The number of aliphatic hydroxyl groups is 2. The maximum Gasteiger partial charge on any atom is 0.326 e. The zero-order valence-corrected chi connectivity index (χ0v) is 21.5. The van der Waals surface area contributed by atoms with Gasteiger partial charge in [-0.25, -0.2) is 4.79 Å². The molecule has 0 bridgehead atoms. The lowest BCUT2D eigenvalue weighted by molar-refractivity contribution is -0.142. The average molecular weight is 537 g/mol. The van der Waals surface area contributed by atoms with Gasteiger partial charge in [-0.05, 0) is 31.7 Å². The molecule has 0 unspecified atom stereocenters. The van der Waals surface area contributed by atoms with Crippen molar-refractivity contribution in [1.29, 1.82) is 0 Å². The van der Waals surface area contributed by atoms with Gasteiger partial charge < -0.3 is 48.1 Å². The third-order valence-electron chi connectivity index (χ3n) is 5.52. The van der Waals surface area contributed by atoms with E-state index >= 15 is 0 Å². The summed E-state index contributed by atoms with van der Waals surface area (Å²) in [5, 5.41) is 37.4. The molecule has 0 saturated heterocycles. The van der Waals surface area contributed by atoms with Gasteiger partial charge in [0, 0.05) is 5.75 Å². The van der Waals surface area contributed by atoms with Crippen molar-refractivity contribution >= 4 is 42.2 Å². The van der Waals surface area contributed by atoms with Crippen LogP contribution in [0.1, 0.15) is 39.5 Å². The molecule has 11 N–H and O–H groups in total. The lowest BCUT2D eigenvalue weighted by atomic mass is 9.97. The van der Waals surface area contributed by atoms with Crippen LogP contribution in [0.15, 0.2) is 0 Å². The van der Waals surface area contributed by atoms with Crippen LogP contribution < -0.4 is 32.7 Å². The van der Waals surface area contributed by atoms with E-state index in [1.54, 1.807) is 13.8 Å². The molecule has 0 saturated carbocycles. The van der Waals surface area contributed by atoms with Gasteiger partial charge in [-0.1, -0.05) is 20.3 Å². The Morgan fingerprint density at radius 1 is 0.833 bits per heavy atom. The van der Waals surface area contributed by atoms with E-state index in [1.165, 1.54) is 0 Å². The van der Waals surface area contributed by atoms with Gasteiger partial charge in [0.05, 0.1) is 13.2 Å². The van der Waals surface area contributed by atoms with E-state index in [1.807, 2.05) is 0 Å². The number of aliphatic carboxylic acids is 1. The minimum absolute atomic E-state index is 0.113. The first-order valence-electron chi connectivity index (χ1n) is 11.7. The third kappa shape index (κ3) is 11.5. The molecule has 4 amide bonds. The smallest absolute Gasteiger partial charge is 0.326 e. The van der Waals surface area contributed by atoms with Crippen LogP contribution in [0.4, 0.5) is 0 Å². The first-order valence-corrected chi connectivity index (χ1v) is 12.3. The summed E-state index contributed by atoms with van der Waals surface area (Å²) in [5.74, 6) is -5.06. The van der Waals surface area contributed by atoms with E-state index in [0.29, 0.717) is 25.8 Å². The maximum atomic E-state index is 12.9. The Kier molecular flexibility index (Phi) is 16.7. The highest BCUT2D eigenvalue weighted by atomic mass is 32.1. The van der Waals surface area contributed by atoms with Gasteiger partial charge >= 0.3 is 5.97 Å². The third-order valence-corrected chi connectivity index (χ3v) is 5.88. The van der Waals surface area contributed by atoms with Crippen molar-refractivity contribution < 1.29 is 39.3 Å². The highest BCUT2D eigenvalue weighted by molar-refractivity contribution is 7.80. The number of hydrogen-bond acceptors (Lipinski definition) is 10. The van der Waals surface area contributed by atoms with Crippen molar-refractivity contribution in [2.75, 3.05) is 25.5 Å². The number of carboxylic acids is 1. The molecule has 36 heavy (non-hydrogen) atoms. The first kappa shape index (κ1) is 33.5. The number of carbonyl (C=O) groups excluding carboxylic acids is 4. The summed E-state index contributed by atoms with van der Waals surface area (Å²) in [4.78, 5) is 61.5. The molecule has 0 spiro atoms. The summed E-state index contributed by atoms with van der Waals surface area (Å²) in [6, 6.07) is -6.28. The molecule has 0 rings (SSSR count). The average Bonchev–Trinajstić information content (AvgIpc) is 2.86. The van der Waals surface area contributed by atoms with Gasteiger partial charge in [0.1, 0.15) is 30.2 Å². The molecular weight excluding hydrogens is 496 g/mol. The molecule has 0 aliphatic heterocycles. The number of rotatable bonds is 18. The van der Waals surface area contributed by atoms with Gasteiger partial charge in [-0.2, -0.15) is 12.6 Å². The summed E-state index contributed by atoms with van der Waals surface area (Å²) in [7, 11) is 0. The van der Waals surface area contributed by atoms with Crippen LogP contribution in [0.25, 0.3) is 0 Å². The normalized spacial score (nSPS) is 16.0. The van der Waals surface area contributed by atoms with Crippen molar-refractivity contribution in [3.05, 3.63) is 0 Å². The van der Waals surface area contributed by atoms with Gasteiger partial charge in [0.2, 0.25) is 23.6 Å². The molecule has 14 nitrogen and oxygen atoms in total. The fourth-order valence-electron chi connectivity index (χ4n) is 2.99. The lowest BCUT2D eigenvalue weighted by Gasteiger charge is -2.27. The number of aliphatic hydroxyl groups excluding tert-OH is 2. The molecule has 0 aromatic carbocycles. The van der Waals surface area contributed by atoms with Crippen LogP contribution in [-0.2, 0) is 24.0 Å². The van der Waals surface area contributed by atoms with Gasteiger partial charge in [0.15, 0.2) is 0 Å². The minimum Gasteiger partial charge on any atom is -0.480 e. The van der Waals surface area contributed by atoms with Gasteiger partial charge in [-0.15, -0.1) is 0 Å². The number of nitrogens with one attached hydrogen (secondary N) is 4. The molecule has 208 valence electrons. The summed E-state index contributed by atoms with van der Waals surface area (Å²) in [6.45, 7) is 2.40. The monoisotopic (exact) mass is 536 g/mol. The van der Waals surface area contributed by atoms with Crippen molar-refractivity contribution in [3.63, 3.8) is 0 Å². The largest absolute Gasteiger partial charge is 0.480 e. The van der Waals surface area contributed by atoms with Crippen molar-refractivity contribution in [2.45, 2.75) is 69.7 Å². The molecule has 0 heterocycles. The Balaban J connectivity index is 5.31. The second-order valence-electron chi connectivity index (χ2n) is 8.33. The Hall–Kier alpha value is -2.46. The van der Waals surface area contributed by atoms with Crippen LogP contribution in [0.5, 0.6) is 0 Å². The van der Waals surface area contributed by atoms with Gasteiger partial charge in [-0.3, -0.25) is 19.2 Å². The van der Waals surface area contributed by atoms with Gasteiger partial charge in [0.25, 0.3) is 0 Å². The quantitative estimate of drug-likeness (QED) is 0.0609. The predicted molar refractivity (Wildman–Crippen MR) is 134 cm³/mol. The van der Waals surface area contributed by atoms with E-state index in [-0.39, 0.29) is 18.1 Å². The van der Waals surface area contributed by atoms with Crippen LogP contribution in [0, 0.1) is 5.92 Å². The topological polar surface area (TPSA) is 246 Å². The van der Waals surface area contributed by atoms with E-state index in [0.717, 1.165) is 0 Å². The SMILES string of the molecule is CC[C@H](C)[C@H](NC(=O)[C@@H](N)CO)C(=O)N[C@@H](CS)C(=O)N[C@@H](CO)C(=O)N[C@@H](CCCCN)C(=O)O. The summed E-state index contributed by atoms with van der Waals surface area (Å²) in [5.41, 5.74) is 10.9. The summed E-state index contributed by atoms with van der Waals surface area (Å²) < 4.78 is 0. The van der Waals surface area contributed by atoms with Crippen LogP contribution in [-0.4, -0.2) is 101 Å². The number of unbranched alkanes of at least 4 members (excludes halogenated alkanes) is 1. The van der Waals surface area contributed by atoms with Crippen LogP contribution >= 0.6 is 12.6 Å². The van der Waals surface area contributed by atoms with Crippen molar-refractivity contribution in [1.82, 2.24) is 21.3 Å². The molecule has 0 radical (unpaired) electrons. The molecule has 15 heteroatoms. The van der Waals surface area contributed by atoms with Crippen molar-refractivity contribution in [2.24, 2.45) is 17.4 Å². The second-order valence-corrected chi connectivity index (χ2v) is 8.70. The summed E-state index contributed by atoms with van der Waals surface area (Å²) >= 11 is 4.06. The molecule has 0 fully saturated rings. The Morgan fingerprint density at radius 3 is 1.86 bits per heavy atom. The zero-order chi connectivity index (χ0) is 27.8.